The van der Waals surface area contributed by atoms with Gasteiger partial charge in [-0.05, 0) is 36.7 Å². The molecule has 1 aromatic heterocycles. The van der Waals surface area contributed by atoms with Gasteiger partial charge in [-0.1, -0.05) is 0 Å². The SMILES string of the molecule is Cc1nc(C2CN(C(C)C)CCO2)[nH]c(=O)c1Br. The molecule has 100 valence electrons. The molecule has 0 amide bonds. The number of nitrogens with zero attached hydrogens (tertiary/aromatic N) is 2. The van der Waals surface area contributed by atoms with Crippen LogP contribution in [0.4, 0.5) is 0 Å². The zero-order valence-corrected chi connectivity index (χ0v) is 12.5. The lowest BCUT2D eigenvalue weighted by atomic mass is 10.2. The number of H-pyrrole nitrogens is 1. The number of ether oxygens (including phenoxy) is 1. The fourth-order valence-electron chi connectivity index (χ4n) is 2.05. The largest absolute Gasteiger partial charge is 0.368 e. The Morgan fingerprint density at radius 1 is 1.56 bits per heavy atom. The van der Waals surface area contributed by atoms with Gasteiger partial charge in [-0.15, -0.1) is 0 Å². The third kappa shape index (κ3) is 2.81. The molecule has 1 atom stereocenters. The molecule has 1 aliphatic heterocycles. The Morgan fingerprint density at radius 3 is 2.89 bits per heavy atom. The van der Waals surface area contributed by atoms with Crippen LogP contribution in [-0.4, -0.2) is 40.6 Å². The molecule has 1 unspecified atom stereocenters. The van der Waals surface area contributed by atoms with Crippen LogP contribution in [0.3, 0.4) is 0 Å². The third-order valence-electron chi connectivity index (χ3n) is 3.18. The summed E-state index contributed by atoms with van der Waals surface area (Å²) in [6.07, 6.45) is -0.152. The number of halogens is 1. The normalized spacial score (nSPS) is 21.5. The minimum Gasteiger partial charge on any atom is -0.368 e. The van der Waals surface area contributed by atoms with Gasteiger partial charge in [0.25, 0.3) is 5.56 Å². The second kappa shape index (κ2) is 5.50. The van der Waals surface area contributed by atoms with Gasteiger partial charge >= 0.3 is 0 Å². The van der Waals surface area contributed by atoms with Crippen LogP contribution in [0.2, 0.25) is 0 Å². The van der Waals surface area contributed by atoms with Crippen LogP contribution in [0, 0.1) is 6.92 Å². The Hall–Kier alpha value is -0.720. The van der Waals surface area contributed by atoms with Crippen LogP contribution in [0.15, 0.2) is 9.27 Å². The summed E-state index contributed by atoms with van der Waals surface area (Å²) in [5, 5.41) is 0. The lowest BCUT2D eigenvalue weighted by molar-refractivity contribution is -0.0444. The molecule has 0 aromatic carbocycles. The molecule has 0 aliphatic carbocycles. The highest BCUT2D eigenvalue weighted by atomic mass is 79.9. The first-order valence-electron chi connectivity index (χ1n) is 6.11. The van der Waals surface area contributed by atoms with Crippen LogP contribution in [0.1, 0.15) is 31.5 Å². The van der Waals surface area contributed by atoms with Crippen LogP contribution < -0.4 is 5.56 Å². The van der Waals surface area contributed by atoms with Gasteiger partial charge in [0.1, 0.15) is 16.4 Å². The van der Waals surface area contributed by atoms with E-state index < -0.39 is 0 Å². The lowest BCUT2D eigenvalue weighted by Gasteiger charge is -2.34. The Labute approximate surface area is 115 Å². The summed E-state index contributed by atoms with van der Waals surface area (Å²) in [7, 11) is 0. The minimum absolute atomic E-state index is 0.150. The van der Waals surface area contributed by atoms with Crippen LogP contribution in [0.25, 0.3) is 0 Å². The highest BCUT2D eigenvalue weighted by molar-refractivity contribution is 9.10. The molecule has 0 spiro atoms. The zero-order chi connectivity index (χ0) is 13.3. The minimum atomic E-state index is -0.152. The average molecular weight is 316 g/mol. The molecular formula is C12H18BrN3O2. The van der Waals surface area contributed by atoms with Crippen molar-refractivity contribution in [2.24, 2.45) is 0 Å². The van der Waals surface area contributed by atoms with Gasteiger partial charge in [0.05, 0.1) is 12.3 Å². The van der Waals surface area contributed by atoms with Crippen molar-refractivity contribution >= 4 is 15.9 Å². The summed E-state index contributed by atoms with van der Waals surface area (Å²) >= 11 is 3.21. The molecule has 1 fully saturated rings. The van der Waals surface area contributed by atoms with Crippen molar-refractivity contribution in [1.82, 2.24) is 14.9 Å². The molecule has 18 heavy (non-hydrogen) atoms. The second-order valence-electron chi connectivity index (χ2n) is 4.80. The number of aromatic nitrogens is 2. The fourth-order valence-corrected chi connectivity index (χ4v) is 2.24. The molecule has 1 aliphatic rings. The predicted molar refractivity (Wildman–Crippen MR) is 72.7 cm³/mol. The van der Waals surface area contributed by atoms with E-state index in [9.17, 15) is 4.79 Å². The first kappa shape index (κ1) is 13.7. The number of hydrogen-bond acceptors (Lipinski definition) is 4. The highest BCUT2D eigenvalue weighted by Gasteiger charge is 2.25. The van der Waals surface area contributed by atoms with E-state index >= 15 is 0 Å². The summed E-state index contributed by atoms with van der Waals surface area (Å²) in [6.45, 7) is 8.49. The van der Waals surface area contributed by atoms with Gasteiger partial charge in [-0.25, -0.2) is 4.98 Å². The number of rotatable bonds is 2. The van der Waals surface area contributed by atoms with E-state index in [1.165, 1.54) is 0 Å². The Morgan fingerprint density at radius 2 is 2.28 bits per heavy atom. The van der Waals surface area contributed by atoms with Crippen molar-refractivity contribution in [3.05, 3.63) is 26.3 Å². The van der Waals surface area contributed by atoms with Crippen molar-refractivity contribution in [2.45, 2.75) is 32.9 Å². The number of nitrogens with one attached hydrogen (secondary N) is 1. The van der Waals surface area contributed by atoms with Gasteiger partial charge in [0.15, 0.2) is 0 Å². The number of aromatic amines is 1. The van der Waals surface area contributed by atoms with E-state index in [-0.39, 0.29) is 11.7 Å². The van der Waals surface area contributed by atoms with Crippen LogP contribution in [0.5, 0.6) is 0 Å². The quantitative estimate of drug-likeness (QED) is 0.901. The third-order valence-corrected chi connectivity index (χ3v) is 4.11. The molecule has 1 aromatic rings. The summed E-state index contributed by atoms with van der Waals surface area (Å²) < 4.78 is 6.19. The zero-order valence-electron chi connectivity index (χ0n) is 10.9. The molecule has 2 rings (SSSR count). The molecule has 1 N–H and O–H groups in total. The van der Waals surface area contributed by atoms with E-state index in [0.29, 0.717) is 28.6 Å². The maximum absolute atomic E-state index is 11.7. The maximum Gasteiger partial charge on any atom is 0.265 e. The van der Waals surface area contributed by atoms with E-state index in [1.807, 2.05) is 6.92 Å². The smallest absolute Gasteiger partial charge is 0.265 e. The standard InChI is InChI=1S/C12H18BrN3O2/c1-7(2)16-4-5-18-9(6-16)11-14-8(3)10(13)12(17)15-11/h7,9H,4-6H2,1-3H3,(H,14,15,17). The molecule has 0 bridgehead atoms. The monoisotopic (exact) mass is 315 g/mol. The van der Waals surface area contributed by atoms with Crippen molar-refractivity contribution in [3.8, 4) is 0 Å². The molecular weight excluding hydrogens is 298 g/mol. The summed E-state index contributed by atoms with van der Waals surface area (Å²) in [5.74, 6) is 0.617. The van der Waals surface area contributed by atoms with Crippen molar-refractivity contribution < 1.29 is 4.74 Å². The maximum atomic E-state index is 11.7. The van der Waals surface area contributed by atoms with Gasteiger partial charge in [0, 0.05) is 19.1 Å². The molecule has 1 saturated heterocycles. The fraction of sp³-hybridized carbons (Fsp3) is 0.667. The first-order chi connectivity index (χ1) is 8.49. The van der Waals surface area contributed by atoms with Crippen molar-refractivity contribution in [3.63, 3.8) is 0 Å². The van der Waals surface area contributed by atoms with Crippen molar-refractivity contribution in [2.75, 3.05) is 19.7 Å². The van der Waals surface area contributed by atoms with Gasteiger partial charge < -0.3 is 9.72 Å². The van der Waals surface area contributed by atoms with Gasteiger partial charge in [0.2, 0.25) is 0 Å². The number of morpholine rings is 1. The van der Waals surface area contributed by atoms with E-state index in [1.54, 1.807) is 0 Å². The van der Waals surface area contributed by atoms with Crippen LogP contribution in [-0.2, 0) is 4.74 Å². The Balaban J connectivity index is 2.24. The Bertz CT molecular complexity index is 487. The van der Waals surface area contributed by atoms with Crippen molar-refractivity contribution in [1.29, 1.82) is 0 Å². The molecule has 6 heteroatoms. The number of hydrogen-bond donors (Lipinski definition) is 1. The van der Waals surface area contributed by atoms with E-state index in [2.05, 4.69) is 44.6 Å². The summed E-state index contributed by atoms with van der Waals surface area (Å²) in [6, 6.07) is 0.472. The lowest BCUT2D eigenvalue weighted by Crippen LogP contribution is -2.43. The summed E-state index contributed by atoms with van der Waals surface area (Å²) in [5.41, 5.74) is 0.543. The molecule has 0 saturated carbocycles. The predicted octanol–water partition coefficient (Wildman–Crippen LogP) is 1.62. The van der Waals surface area contributed by atoms with Crippen LogP contribution >= 0.6 is 15.9 Å². The highest BCUT2D eigenvalue weighted by Crippen LogP contribution is 2.21. The molecule has 0 radical (unpaired) electrons. The van der Waals surface area contributed by atoms with Gasteiger partial charge in [-0.2, -0.15) is 0 Å². The van der Waals surface area contributed by atoms with E-state index in [4.69, 9.17) is 4.74 Å². The Kier molecular flexibility index (Phi) is 4.19. The van der Waals surface area contributed by atoms with E-state index in [0.717, 1.165) is 13.1 Å². The molecule has 5 nitrogen and oxygen atoms in total. The summed E-state index contributed by atoms with van der Waals surface area (Å²) in [4.78, 5) is 21.2. The average Bonchev–Trinajstić information content (AvgIpc) is 2.35. The van der Waals surface area contributed by atoms with Gasteiger partial charge in [-0.3, -0.25) is 9.69 Å². The second-order valence-corrected chi connectivity index (χ2v) is 5.59. The first-order valence-corrected chi connectivity index (χ1v) is 6.90. The topological polar surface area (TPSA) is 58.2 Å². The number of aryl methyl sites for hydroxylation is 1. The molecule has 2 heterocycles.